The second-order valence-electron chi connectivity index (χ2n) is 10.7. The molecule has 0 aromatic carbocycles. The molecular weight excluding hydrogens is 548 g/mol. The van der Waals surface area contributed by atoms with Crippen LogP contribution in [-0.4, -0.2) is 86.8 Å². The quantitative estimate of drug-likeness (QED) is 0.557. The molecule has 2 aromatic rings. The fourth-order valence-corrected chi connectivity index (χ4v) is 5.65. The number of aromatic nitrogens is 4. The maximum atomic E-state index is 13.6. The highest BCUT2D eigenvalue weighted by Gasteiger charge is 2.46. The number of piperazine rings is 1. The molecule has 1 N–H and O–H groups in total. The molecule has 0 saturated carbocycles. The van der Waals surface area contributed by atoms with Crippen molar-refractivity contribution in [2.24, 2.45) is 0 Å². The van der Waals surface area contributed by atoms with E-state index in [-0.39, 0.29) is 49.2 Å². The number of amides is 1. The monoisotopic (exact) mass is 575 g/mol. The first kappa shape index (κ1) is 28.3. The van der Waals surface area contributed by atoms with Crippen LogP contribution in [0.25, 0.3) is 0 Å². The van der Waals surface area contributed by atoms with Gasteiger partial charge in [0.25, 0.3) is 11.5 Å². The third-order valence-corrected chi connectivity index (χ3v) is 7.38. The Morgan fingerprint density at radius 1 is 1.05 bits per heavy atom. The van der Waals surface area contributed by atoms with Crippen molar-refractivity contribution in [3.05, 3.63) is 45.1 Å². The van der Waals surface area contributed by atoms with Gasteiger partial charge in [-0.05, 0) is 32.3 Å². The number of ether oxygens (including phenoxy) is 1. The van der Waals surface area contributed by atoms with Crippen molar-refractivity contribution in [1.29, 1.82) is 0 Å². The van der Waals surface area contributed by atoms with Crippen molar-refractivity contribution < 1.29 is 35.9 Å². The molecular formula is C24H27F6N7O3. The highest BCUT2D eigenvalue weighted by atomic mass is 19.4. The highest BCUT2D eigenvalue weighted by Crippen LogP contribution is 2.41. The minimum absolute atomic E-state index is 0.0378. The van der Waals surface area contributed by atoms with Gasteiger partial charge < -0.3 is 14.5 Å². The Morgan fingerprint density at radius 3 is 2.30 bits per heavy atom. The van der Waals surface area contributed by atoms with Gasteiger partial charge in [-0.1, -0.05) is 0 Å². The topological polar surface area (TPSA) is 108 Å². The molecule has 1 unspecified atom stereocenters. The summed E-state index contributed by atoms with van der Waals surface area (Å²) in [6, 6.07) is -0.528. The van der Waals surface area contributed by atoms with Gasteiger partial charge in [-0.2, -0.15) is 31.4 Å². The Bertz CT molecular complexity index is 1320. The molecule has 10 nitrogen and oxygen atoms in total. The van der Waals surface area contributed by atoms with E-state index in [0.29, 0.717) is 26.1 Å². The van der Waals surface area contributed by atoms with Crippen molar-refractivity contribution in [2.75, 3.05) is 44.2 Å². The zero-order chi connectivity index (χ0) is 29.0. The van der Waals surface area contributed by atoms with Crippen LogP contribution in [0.3, 0.4) is 0 Å². The predicted molar refractivity (Wildman–Crippen MR) is 127 cm³/mol. The summed E-state index contributed by atoms with van der Waals surface area (Å²) in [5.74, 6) is -0.167. The minimum Gasteiger partial charge on any atom is -0.360 e. The summed E-state index contributed by atoms with van der Waals surface area (Å²) in [6.07, 6.45) is -8.47. The number of rotatable bonds is 3. The third-order valence-electron chi connectivity index (χ3n) is 7.38. The fraction of sp³-hybridized carbons (Fsp3) is 0.625. The number of H-pyrrole nitrogens is 1. The molecule has 1 aliphatic carbocycles. The van der Waals surface area contributed by atoms with Crippen LogP contribution in [-0.2, 0) is 28.3 Å². The first-order chi connectivity index (χ1) is 18.6. The SMILES string of the molecule is CC1(C)CN(C2CCc3c2n[nH]c(=O)c3C(F)(F)F)C[C@H](C(=O)N2CCN(c3ncc(C(F)(F)F)cn3)CC2)O1. The lowest BCUT2D eigenvalue weighted by Crippen LogP contribution is -2.60. The first-order valence-corrected chi connectivity index (χ1v) is 12.7. The van der Waals surface area contributed by atoms with Gasteiger partial charge in [0.2, 0.25) is 5.95 Å². The maximum absolute atomic E-state index is 13.6. The van der Waals surface area contributed by atoms with E-state index in [9.17, 15) is 35.9 Å². The van der Waals surface area contributed by atoms with Gasteiger partial charge in [0.15, 0.2) is 0 Å². The summed E-state index contributed by atoms with van der Waals surface area (Å²) in [4.78, 5) is 38.2. The Balaban J connectivity index is 1.27. The van der Waals surface area contributed by atoms with E-state index in [1.54, 1.807) is 23.6 Å². The van der Waals surface area contributed by atoms with Gasteiger partial charge in [-0.25, -0.2) is 15.1 Å². The molecule has 0 radical (unpaired) electrons. The molecule has 5 rings (SSSR count). The molecule has 1 amide bonds. The summed E-state index contributed by atoms with van der Waals surface area (Å²) in [5, 5.41) is 5.94. The second kappa shape index (κ2) is 9.98. The van der Waals surface area contributed by atoms with Crippen LogP contribution in [0.15, 0.2) is 17.2 Å². The van der Waals surface area contributed by atoms with Crippen LogP contribution in [0.4, 0.5) is 32.3 Å². The lowest BCUT2D eigenvalue weighted by Gasteiger charge is -2.46. The van der Waals surface area contributed by atoms with E-state index in [0.717, 1.165) is 12.4 Å². The number of carbonyl (C=O) groups excluding carboxylic acids is 1. The summed E-state index contributed by atoms with van der Waals surface area (Å²) < 4.78 is 85.2. The number of hydrogen-bond acceptors (Lipinski definition) is 8. The predicted octanol–water partition coefficient (Wildman–Crippen LogP) is 2.41. The van der Waals surface area contributed by atoms with Crippen LogP contribution in [0.5, 0.6) is 0 Å². The van der Waals surface area contributed by atoms with Crippen LogP contribution < -0.4 is 10.5 Å². The third kappa shape index (κ3) is 5.50. The van der Waals surface area contributed by atoms with Gasteiger partial charge in [-0.15, -0.1) is 0 Å². The van der Waals surface area contributed by atoms with E-state index in [1.807, 2.05) is 10.00 Å². The molecule has 2 aromatic heterocycles. The minimum atomic E-state index is -4.81. The van der Waals surface area contributed by atoms with Gasteiger partial charge in [0.05, 0.1) is 22.9 Å². The summed E-state index contributed by atoms with van der Waals surface area (Å²) in [7, 11) is 0. The van der Waals surface area contributed by atoms with Crippen LogP contribution in [0.2, 0.25) is 0 Å². The number of hydrogen-bond donors (Lipinski definition) is 1. The average molecular weight is 576 g/mol. The van der Waals surface area contributed by atoms with Crippen molar-refractivity contribution in [3.8, 4) is 0 Å². The number of halogens is 6. The summed E-state index contributed by atoms with van der Waals surface area (Å²) in [6.45, 7) is 5.14. The first-order valence-electron chi connectivity index (χ1n) is 12.7. The average Bonchev–Trinajstić information content (AvgIpc) is 3.30. The molecule has 218 valence electrons. The van der Waals surface area contributed by atoms with Crippen LogP contribution >= 0.6 is 0 Å². The Hall–Kier alpha value is -3.27. The van der Waals surface area contributed by atoms with Crippen LogP contribution in [0.1, 0.15) is 48.7 Å². The van der Waals surface area contributed by atoms with Crippen molar-refractivity contribution in [1.82, 2.24) is 30.0 Å². The molecule has 4 heterocycles. The second-order valence-corrected chi connectivity index (χ2v) is 10.7. The molecule has 0 bridgehead atoms. The lowest BCUT2D eigenvalue weighted by atomic mass is 10.0. The standard InChI is InChI=1S/C24H27F6N7O3/c1-22(2)12-37(15-4-3-14-17(24(28,29)30)19(38)34-33-18(14)15)11-16(40-22)20(39)35-5-7-36(8-6-35)21-31-9-13(10-32-21)23(25,26)27/h9-10,15-16H,3-8,11-12H2,1-2H3,(H,34,38)/t15?,16-/m1/s1. The van der Waals surface area contributed by atoms with Crippen molar-refractivity contribution >= 4 is 11.9 Å². The fourth-order valence-electron chi connectivity index (χ4n) is 5.65. The Labute approximate surface area is 224 Å². The number of morpholine rings is 1. The van der Waals surface area contributed by atoms with Gasteiger partial charge in [-0.3, -0.25) is 14.5 Å². The Morgan fingerprint density at radius 2 is 1.70 bits per heavy atom. The molecule has 16 heteroatoms. The number of nitrogens with one attached hydrogen (secondary N) is 1. The van der Waals surface area contributed by atoms with Gasteiger partial charge >= 0.3 is 12.4 Å². The normalized spacial score (nSPS) is 23.8. The van der Waals surface area contributed by atoms with Gasteiger partial charge in [0, 0.05) is 51.7 Å². The number of aromatic amines is 1. The lowest BCUT2D eigenvalue weighted by molar-refractivity contribution is -0.176. The van der Waals surface area contributed by atoms with E-state index in [2.05, 4.69) is 15.1 Å². The van der Waals surface area contributed by atoms with E-state index < -0.39 is 46.8 Å². The van der Waals surface area contributed by atoms with Crippen LogP contribution in [0, 0.1) is 0 Å². The number of nitrogens with zero attached hydrogens (tertiary/aromatic N) is 6. The molecule has 2 atom stereocenters. The smallest absolute Gasteiger partial charge is 0.360 e. The van der Waals surface area contributed by atoms with Crippen molar-refractivity contribution in [3.63, 3.8) is 0 Å². The number of carbonyl (C=O) groups is 1. The Kier molecular flexibility index (Phi) is 7.05. The van der Waals surface area contributed by atoms with E-state index in [1.165, 1.54) is 0 Å². The van der Waals surface area contributed by atoms with Gasteiger partial charge in [0.1, 0.15) is 11.7 Å². The number of fused-ring (bicyclic) bond motifs is 1. The molecule has 0 spiro atoms. The summed E-state index contributed by atoms with van der Waals surface area (Å²) >= 11 is 0. The highest BCUT2D eigenvalue weighted by molar-refractivity contribution is 5.81. The molecule has 2 aliphatic heterocycles. The largest absolute Gasteiger partial charge is 0.422 e. The molecule has 3 aliphatic rings. The molecule has 40 heavy (non-hydrogen) atoms. The molecule has 2 fully saturated rings. The zero-order valence-corrected chi connectivity index (χ0v) is 21.6. The van der Waals surface area contributed by atoms with E-state index >= 15 is 0 Å². The number of alkyl halides is 6. The van der Waals surface area contributed by atoms with E-state index in [4.69, 9.17) is 4.74 Å². The summed E-state index contributed by atoms with van der Waals surface area (Å²) in [5.41, 5.74) is -4.21. The molecule has 2 saturated heterocycles. The number of anilines is 1. The van der Waals surface area contributed by atoms with Crippen molar-refractivity contribution in [2.45, 2.75) is 56.8 Å². The zero-order valence-electron chi connectivity index (χ0n) is 21.6. The maximum Gasteiger partial charge on any atom is 0.422 e.